The lowest BCUT2D eigenvalue weighted by Gasteiger charge is -2.03. The number of non-ortho nitro benzene ring substituents is 1. The maximum Gasteiger partial charge on any atom is 0.437 e. The lowest BCUT2D eigenvalue weighted by molar-refractivity contribution is -0.384. The van der Waals surface area contributed by atoms with Crippen LogP contribution in [0, 0.1) is 10.1 Å². The normalized spacial score (nSPS) is 10.5. The van der Waals surface area contributed by atoms with Crippen molar-refractivity contribution in [2.45, 2.75) is 0 Å². The number of carbonyl (C=O) groups excluding carboxylic acids is 1. The summed E-state index contributed by atoms with van der Waals surface area (Å²) in [7, 11) is 0. The second-order valence-corrected chi connectivity index (χ2v) is 5.03. The molecule has 0 spiro atoms. The van der Waals surface area contributed by atoms with Gasteiger partial charge in [0.15, 0.2) is 0 Å². The molecule has 0 atom stereocenters. The van der Waals surface area contributed by atoms with Crippen LogP contribution in [0.3, 0.4) is 0 Å². The van der Waals surface area contributed by atoms with Crippen molar-refractivity contribution in [1.82, 2.24) is 0 Å². The molecule has 0 saturated heterocycles. The first kappa shape index (κ1) is 16.7. The highest BCUT2D eigenvalue weighted by Gasteiger charge is 2.05. The van der Waals surface area contributed by atoms with Crippen molar-refractivity contribution in [3.8, 4) is 0 Å². The quantitative estimate of drug-likeness (QED) is 0.379. The van der Waals surface area contributed by atoms with E-state index < -0.39 is 11.0 Å². The topological polar surface area (TPSA) is 93.8 Å². The number of oxime groups is 1. The number of nitrogens with one attached hydrogen (secondary N) is 1. The van der Waals surface area contributed by atoms with Gasteiger partial charge in [0.1, 0.15) is 0 Å². The van der Waals surface area contributed by atoms with Crippen molar-refractivity contribution < 1.29 is 14.6 Å². The second kappa shape index (κ2) is 7.57. The second-order valence-electron chi connectivity index (χ2n) is 4.22. The molecule has 2 rings (SSSR count). The summed E-state index contributed by atoms with van der Waals surface area (Å²) in [5, 5.41) is 17.1. The van der Waals surface area contributed by atoms with Crippen LogP contribution in [-0.2, 0) is 4.84 Å². The van der Waals surface area contributed by atoms with E-state index in [0.29, 0.717) is 21.3 Å². The van der Waals surface area contributed by atoms with E-state index in [1.54, 1.807) is 6.07 Å². The van der Waals surface area contributed by atoms with Crippen molar-refractivity contribution in [2.24, 2.45) is 5.16 Å². The summed E-state index contributed by atoms with van der Waals surface area (Å²) < 4.78 is 0. The molecule has 0 saturated carbocycles. The molecule has 1 amide bonds. The van der Waals surface area contributed by atoms with Gasteiger partial charge >= 0.3 is 6.09 Å². The van der Waals surface area contributed by atoms with E-state index in [0.717, 1.165) is 0 Å². The zero-order valence-corrected chi connectivity index (χ0v) is 12.9. The standard InChI is InChI=1S/C14H9Cl2N3O4/c15-12-6-3-10(7-13(12)16)18-14(20)23-17-8-9-1-4-11(5-2-9)19(21)22/h1-8H,(H,18,20). The van der Waals surface area contributed by atoms with Gasteiger partial charge in [0.2, 0.25) is 0 Å². The lowest BCUT2D eigenvalue weighted by atomic mass is 10.2. The predicted molar refractivity (Wildman–Crippen MR) is 87.3 cm³/mol. The number of hydrogen-bond donors (Lipinski definition) is 1. The van der Waals surface area contributed by atoms with Crippen molar-refractivity contribution in [2.75, 3.05) is 5.32 Å². The number of nitrogens with zero attached hydrogens (tertiary/aromatic N) is 2. The van der Waals surface area contributed by atoms with Crippen molar-refractivity contribution in [1.29, 1.82) is 0 Å². The molecule has 0 bridgehead atoms. The number of hydrogen-bond acceptors (Lipinski definition) is 5. The molecular formula is C14H9Cl2N3O4. The molecule has 0 unspecified atom stereocenters. The summed E-state index contributed by atoms with van der Waals surface area (Å²) in [5.41, 5.74) is 0.897. The van der Waals surface area contributed by atoms with E-state index in [2.05, 4.69) is 15.3 Å². The number of carbonyl (C=O) groups is 1. The van der Waals surface area contributed by atoms with Crippen LogP contribution in [0.1, 0.15) is 5.56 Å². The average molecular weight is 354 g/mol. The third-order valence-electron chi connectivity index (χ3n) is 2.61. The zero-order valence-electron chi connectivity index (χ0n) is 11.4. The minimum absolute atomic E-state index is 0.0413. The van der Waals surface area contributed by atoms with Gasteiger partial charge < -0.3 is 0 Å². The molecular weight excluding hydrogens is 345 g/mol. The molecule has 0 aliphatic rings. The van der Waals surface area contributed by atoms with Gasteiger partial charge in [-0.05, 0) is 35.9 Å². The Morgan fingerprint density at radius 3 is 2.48 bits per heavy atom. The Bertz CT molecular complexity index is 763. The highest BCUT2D eigenvalue weighted by molar-refractivity contribution is 6.42. The van der Waals surface area contributed by atoms with Gasteiger partial charge in [-0.15, -0.1) is 0 Å². The molecule has 0 aliphatic heterocycles. The SMILES string of the molecule is O=C(Nc1ccc(Cl)c(Cl)c1)ON=Cc1ccc([N+](=O)[O-])cc1. The smallest absolute Gasteiger partial charge is 0.298 e. The van der Waals surface area contributed by atoms with E-state index >= 15 is 0 Å². The van der Waals surface area contributed by atoms with Crippen LogP contribution in [0.15, 0.2) is 47.6 Å². The van der Waals surface area contributed by atoms with Gasteiger partial charge in [0.05, 0.1) is 21.2 Å². The average Bonchev–Trinajstić information content (AvgIpc) is 2.51. The van der Waals surface area contributed by atoms with Crippen molar-refractivity contribution in [3.63, 3.8) is 0 Å². The molecule has 0 fully saturated rings. The Morgan fingerprint density at radius 2 is 1.87 bits per heavy atom. The Kier molecular flexibility index (Phi) is 5.51. The van der Waals surface area contributed by atoms with Crippen LogP contribution < -0.4 is 5.32 Å². The van der Waals surface area contributed by atoms with E-state index in [1.165, 1.54) is 42.6 Å². The third kappa shape index (κ3) is 4.94. The Labute approximate surface area is 140 Å². The van der Waals surface area contributed by atoms with E-state index in [1.807, 2.05) is 0 Å². The molecule has 0 aliphatic carbocycles. The fraction of sp³-hybridized carbons (Fsp3) is 0. The van der Waals surface area contributed by atoms with Gasteiger partial charge in [0, 0.05) is 17.8 Å². The molecule has 0 radical (unpaired) electrons. The summed E-state index contributed by atoms with van der Waals surface area (Å²) in [6.07, 6.45) is 0.430. The fourth-order valence-electron chi connectivity index (χ4n) is 1.53. The number of rotatable bonds is 4. The van der Waals surface area contributed by atoms with Crippen LogP contribution in [0.4, 0.5) is 16.2 Å². The van der Waals surface area contributed by atoms with Crippen LogP contribution in [-0.4, -0.2) is 17.2 Å². The van der Waals surface area contributed by atoms with Gasteiger partial charge in [0.25, 0.3) is 5.69 Å². The highest BCUT2D eigenvalue weighted by Crippen LogP contribution is 2.25. The van der Waals surface area contributed by atoms with Gasteiger partial charge in [-0.2, -0.15) is 0 Å². The Balaban J connectivity index is 1.90. The highest BCUT2D eigenvalue weighted by atomic mass is 35.5. The number of amides is 1. The van der Waals surface area contributed by atoms with Crippen LogP contribution in [0.25, 0.3) is 0 Å². The third-order valence-corrected chi connectivity index (χ3v) is 3.35. The molecule has 0 aromatic heterocycles. The monoisotopic (exact) mass is 353 g/mol. The molecule has 7 nitrogen and oxygen atoms in total. The fourth-order valence-corrected chi connectivity index (χ4v) is 1.83. The number of halogens is 2. The summed E-state index contributed by atoms with van der Waals surface area (Å²) in [6, 6.07) is 10.1. The molecule has 2 aromatic rings. The van der Waals surface area contributed by atoms with Crippen LogP contribution in [0.5, 0.6) is 0 Å². The number of benzene rings is 2. The Morgan fingerprint density at radius 1 is 1.17 bits per heavy atom. The van der Waals surface area contributed by atoms with Gasteiger partial charge in [-0.3, -0.25) is 20.3 Å². The summed E-state index contributed by atoms with van der Waals surface area (Å²) in [5.74, 6) is 0. The first-order valence-corrected chi connectivity index (χ1v) is 6.92. The first-order valence-electron chi connectivity index (χ1n) is 6.16. The summed E-state index contributed by atoms with van der Waals surface area (Å²) in [6.45, 7) is 0. The lowest BCUT2D eigenvalue weighted by Crippen LogP contribution is -2.10. The van der Waals surface area contributed by atoms with E-state index in [4.69, 9.17) is 23.2 Å². The minimum Gasteiger partial charge on any atom is -0.298 e. The largest absolute Gasteiger partial charge is 0.437 e. The molecule has 2 aromatic carbocycles. The first-order chi connectivity index (χ1) is 11.0. The van der Waals surface area contributed by atoms with Crippen LogP contribution in [0.2, 0.25) is 10.0 Å². The zero-order chi connectivity index (χ0) is 16.8. The van der Waals surface area contributed by atoms with Crippen LogP contribution >= 0.6 is 23.2 Å². The number of anilines is 1. The summed E-state index contributed by atoms with van der Waals surface area (Å²) in [4.78, 5) is 26.1. The number of nitro benzene ring substituents is 1. The van der Waals surface area contributed by atoms with Crippen molar-refractivity contribution in [3.05, 3.63) is 68.2 Å². The van der Waals surface area contributed by atoms with Gasteiger partial charge in [-0.25, -0.2) is 4.79 Å². The predicted octanol–water partition coefficient (Wildman–Crippen LogP) is 4.48. The van der Waals surface area contributed by atoms with Crippen molar-refractivity contribution >= 4 is 46.9 Å². The number of nitro groups is 1. The van der Waals surface area contributed by atoms with E-state index in [-0.39, 0.29) is 5.69 Å². The molecule has 118 valence electrons. The molecule has 9 heteroatoms. The molecule has 23 heavy (non-hydrogen) atoms. The minimum atomic E-state index is -0.818. The Hall–Kier alpha value is -2.64. The van der Waals surface area contributed by atoms with Gasteiger partial charge in [-0.1, -0.05) is 28.4 Å². The maximum absolute atomic E-state index is 11.5. The summed E-state index contributed by atoms with van der Waals surface area (Å²) >= 11 is 11.6. The maximum atomic E-state index is 11.5. The molecule has 1 N–H and O–H groups in total. The molecule has 0 heterocycles. The van der Waals surface area contributed by atoms with E-state index in [9.17, 15) is 14.9 Å².